The van der Waals surface area contributed by atoms with Crippen molar-refractivity contribution in [2.75, 3.05) is 6.54 Å². The van der Waals surface area contributed by atoms with Gasteiger partial charge < -0.3 is 11.1 Å². The fourth-order valence-electron chi connectivity index (χ4n) is 1.68. The predicted molar refractivity (Wildman–Crippen MR) is 75.2 cm³/mol. The van der Waals surface area contributed by atoms with Gasteiger partial charge in [0.25, 0.3) is 5.56 Å². The van der Waals surface area contributed by atoms with Gasteiger partial charge in [0.1, 0.15) is 4.83 Å². The van der Waals surface area contributed by atoms with Gasteiger partial charge in [-0.25, -0.2) is 4.98 Å². The zero-order valence-corrected chi connectivity index (χ0v) is 11.4. The van der Waals surface area contributed by atoms with Crippen LogP contribution in [0.2, 0.25) is 0 Å². The number of rotatable bonds is 5. The topological polar surface area (TPSA) is 90.0 Å². The number of carbonyl (C=O) groups excluding carboxylic acids is 1. The normalized spacial score (nSPS) is 12.5. The monoisotopic (exact) mass is 280 g/mol. The van der Waals surface area contributed by atoms with Gasteiger partial charge in [-0.15, -0.1) is 11.3 Å². The van der Waals surface area contributed by atoms with Gasteiger partial charge in [0, 0.05) is 25.6 Å². The van der Waals surface area contributed by atoms with Gasteiger partial charge in [-0.3, -0.25) is 14.2 Å². The number of hydrogen-bond donors (Lipinski definition) is 2. The van der Waals surface area contributed by atoms with E-state index in [9.17, 15) is 9.59 Å². The maximum atomic E-state index is 12.1. The number of amides is 1. The molecule has 3 N–H and O–H groups in total. The summed E-state index contributed by atoms with van der Waals surface area (Å²) in [5.74, 6) is -0.115. The minimum atomic E-state index is -0.115. The van der Waals surface area contributed by atoms with Crippen molar-refractivity contribution < 1.29 is 4.79 Å². The second-order valence-corrected chi connectivity index (χ2v) is 5.23. The van der Waals surface area contributed by atoms with Crippen LogP contribution in [0, 0.1) is 0 Å². The molecule has 2 heterocycles. The van der Waals surface area contributed by atoms with Gasteiger partial charge >= 0.3 is 0 Å². The third kappa shape index (κ3) is 3.18. The number of nitrogens with two attached hydrogens (primary N) is 1. The lowest BCUT2D eigenvalue weighted by Gasteiger charge is -2.11. The molecular weight excluding hydrogens is 264 g/mol. The summed E-state index contributed by atoms with van der Waals surface area (Å²) >= 11 is 1.43. The number of thiophene rings is 1. The standard InChI is InChI=1S/C12H16N4O2S/c1-8(6-13)15-10(17)2-4-16-7-14-11-9(12(16)18)3-5-19-11/h3,5,7-8H,2,4,6,13H2,1H3,(H,15,17)/t8-/m0/s1. The Morgan fingerprint density at radius 3 is 3.16 bits per heavy atom. The van der Waals surface area contributed by atoms with Crippen molar-refractivity contribution in [1.82, 2.24) is 14.9 Å². The summed E-state index contributed by atoms with van der Waals surface area (Å²) in [5, 5.41) is 5.19. The summed E-state index contributed by atoms with van der Waals surface area (Å²) in [6.45, 7) is 2.55. The molecule has 0 spiro atoms. The first-order valence-corrected chi connectivity index (χ1v) is 6.92. The number of aromatic nitrogens is 2. The molecule has 1 amide bonds. The van der Waals surface area contributed by atoms with Crippen LogP contribution in [0.25, 0.3) is 10.2 Å². The average molecular weight is 280 g/mol. The van der Waals surface area contributed by atoms with E-state index < -0.39 is 0 Å². The van der Waals surface area contributed by atoms with Gasteiger partial charge in [0.05, 0.1) is 11.7 Å². The number of fused-ring (bicyclic) bond motifs is 1. The number of nitrogens with zero attached hydrogens (tertiary/aromatic N) is 2. The number of carbonyl (C=O) groups is 1. The highest BCUT2D eigenvalue weighted by Gasteiger charge is 2.08. The van der Waals surface area contributed by atoms with Crippen LogP contribution in [0.1, 0.15) is 13.3 Å². The lowest BCUT2D eigenvalue weighted by Crippen LogP contribution is -2.38. The molecule has 2 aromatic heterocycles. The predicted octanol–water partition coefficient (Wildman–Crippen LogP) is 0.311. The van der Waals surface area contributed by atoms with Crippen LogP contribution in [-0.4, -0.2) is 28.0 Å². The molecule has 2 rings (SSSR count). The highest BCUT2D eigenvalue weighted by molar-refractivity contribution is 7.16. The third-order valence-electron chi connectivity index (χ3n) is 2.79. The second kappa shape index (κ2) is 5.94. The van der Waals surface area contributed by atoms with Gasteiger partial charge in [-0.05, 0) is 18.4 Å². The van der Waals surface area contributed by atoms with Crippen LogP contribution >= 0.6 is 11.3 Å². The first kappa shape index (κ1) is 13.7. The SMILES string of the molecule is C[C@@H](CN)NC(=O)CCn1cnc2sccc2c1=O. The van der Waals surface area contributed by atoms with E-state index in [0.717, 1.165) is 4.83 Å². The van der Waals surface area contributed by atoms with Crippen LogP contribution in [0.5, 0.6) is 0 Å². The molecule has 1 atom stereocenters. The van der Waals surface area contributed by atoms with E-state index in [1.54, 1.807) is 6.07 Å². The fraction of sp³-hybridized carbons (Fsp3) is 0.417. The van der Waals surface area contributed by atoms with Crippen LogP contribution in [0.4, 0.5) is 0 Å². The molecule has 0 aromatic carbocycles. The Hall–Kier alpha value is -1.73. The highest BCUT2D eigenvalue weighted by Crippen LogP contribution is 2.13. The van der Waals surface area contributed by atoms with Crippen molar-refractivity contribution in [3.63, 3.8) is 0 Å². The van der Waals surface area contributed by atoms with E-state index in [1.807, 2.05) is 12.3 Å². The Balaban J connectivity index is 2.04. The van der Waals surface area contributed by atoms with E-state index in [4.69, 9.17) is 5.73 Å². The Kier molecular flexibility index (Phi) is 4.28. The molecule has 0 aliphatic heterocycles. The van der Waals surface area contributed by atoms with Crippen molar-refractivity contribution in [3.05, 3.63) is 28.1 Å². The summed E-state index contributed by atoms with van der Waals surface area (Å²) in [7, 11) is 0. The maximum Gasteiger partial charge on any atom is 0.262 e. The molecular formula is C12H16N4O2S. The van der Waals surface area contributed by atoms with Crippen molar-refractivity contribution in [3.8, 4) is 0 Å². The smallest absolute Gasteiger partial charge is 0.262 e. The average Bonchev–Trinajstić information content (AvgIpc) is 2.87. The molecule has 0 saturated carbocycles. The zero-order valence-electron chi connectivity index (χ0n) is 10.6. The first-order valence-electron chi connectivity index (χ1n) is 6.04. The Labute approximate surface area is 114 Å². The summed E-state index contributed by atoms with van der Waals surface area (Å²) in [5.41, 5.74) is 5.32. The first-order chi connectivity index (χ1) is 9.11. The van der Waals surface area contributed by atoms with E-state index in [0.29, 0.717) is 18.5 Å². The minimum absolute atomic E-state index is 0.0540. The fourth-order valence-corrected chi connectivity index (χ4v) is 2.40. The summed E-state index contributed by atoms with van der Waals surface area (Å²) in [6.07, 6.45) is 1.72. The Morgan fingerprint density at radius 2 is 2.42 bits per heavy atom. The molecule has 0 fully saturated rings. The molecule has 0 aliphatic rings. The lowest BCUT2D eigenvalue weighted by molar-refractivity contribution is -0.121. The molecule has 0 aliphatic carbocycles. The summed E-state index contributed by atoms with van der Waals surface area (Å²) < 4.78 is 1.46. The largest absolute Gasteiger partial charge is 0.352 e. The summed E-state index contributed by atoms with van der Waals surface area (Å²) in [4.78, 5) is 28.6. The van der Waals surface area contributed by atoms with Crippen LogP contribution in [-0.2, 0) is 11.3 Å². The molecule has 7 heteroatoms. The molecule has 19 heavy (non-hydrogen) atoms. The summed E-state index contributed by atoms with van der Waals surface area (Å²) in [6, 6.07) is 1.70. The molecule has 102 valence electrons. The molecule has 0 radical (unpaired) electrons. The number of hydrogen-bond acceptors (Lipinski definition) is 5. The number of aryl methyl sites for hydroxylation is 1. The minimum Gasteiger partial charge on any atom is -0.352 e. The van der Waals surface area contributed by atoms with Crippen LogP contribution < -0.4 is 16.6 Å². The van der Waals surface area contributed by atoms with Gasteiger partial charge in [-0.2, -0.15) is 0 Å². The van der Waals surface area contributed by atoms with Crippen molar-refractivity contribution >= 4 is 27.5 Å². The second-order valence-electron chi connectivity index (χ2n) is 4.34. The van der Waals surface area contributed by atoms with E-state index in [2.05, 4.69) is 10.3 Å². The van der Waals surface area contributed by atoms with Crippen molar-refractivity contribution in [2.24, 2.45) is 5.73 Å². The van der Waals surface area contributed by atoms with E-state index >= 15 is 0 Å². The molecule has 6 nitrogen and oxygen atoms in total. The highest BCUT2D eigenvalue weighted by atomic mass is 32.1. The van der Waals surface area contributed by atoms with Gasteiger partial charge in [-0.1, -0.05) is 0 Å². The van der Waals surface area contributed by atoms with Gasteiger partial charge in [0.2, 0.25) is 5.91 Å². The van der Waals surface area contributed by atoms with Crippen LogP contribution in [0.15, 0.2) is 22.6 Å². The van der Waals surface area contributed by atoms with E-state index in [-0.39, 0.29) is 23.9 Å². The zero-order chi connectivity index (χ0) is 13.8. The Bertz CT molecular complexity index is 634. The number of nitrogens with one attached hydrogen (secondary N) is 1. The van der Waals surface area contributed by atoms with Crippen molar-refractivity contribution in [2.45, 2.75) is 25.9 Å². The molecule has 0 saturated heterocycles. The van der Waals surface area contributed by atoms with E-state index in [1.165, 1.54) is 22.2 Å². The molecule has 0 bridgehead atoms. The molecule has 2 aromatic rings. The quantitative estimate of drug-likeness (QED) is 0.825. The maximum absolute atomic E-state index is 12.1. The van der Waals surface area contributed by atoms with Gasteiger partial charge in [0.15, 0.2) is 0 Å². The van der Waals surface area contributed by atoms with Crippen molar-refractivity contribution in [1.29, 1.82) is 0 Å². The Morgan fingerprint density at radius 1 is 1.63 bits per heavy atom. The third-order valence-corrected chi connectivity index (χ3v) is 3.61. The van der Waals surface area contributed by atoms with Crippen LogP contribution in [0.3, 0.4) is 0 Å². The lowest BCUT2D eigenvalue weighted by atomic mass is 10.3. The molecule has 0 unspecified atom stereocenters.